The summed E-state index contributed by atoms with van der Waals surface area (Å²) >= 11 is 0. The number of ether oxygens (including phenoxy) is 1. The molecule has 1 aromatic carbocycles. The van der Waals surface area contributed by atoms with Crippen molar-refractivity contribution in [2.45, 2.75) is 13.0 Å². The molecule has 0 spiro atoms. The van der Waals surface area contributed by atoms with Crippen molar-refractivity contribution in [2.24, 2.45) is 0 Å². The van der Waals surface area contributed by atoms with E-state index in [-0.39, 0.29) is 5.91 Å². The van der Waals surface area contributed by atoms with Crippen LogP contribution in [0.4, 0.5) is 11.4 Å². The number of nitrogens with one attached hydrogen (secondary N) is 2. The molecule has 1 unspecified atom stereocenters. The highest BCUT2D eigenvalue weighted by Crippen LogP contribution is 2.25. The Kier molecular flexibility index (Phi) is 2.60. The Balaban J connectivity index is 2.31. The summed E-state index contributed by atoms with van der Waals surface area (Å²) in [6, 6.07) is 5.91. The molecule has 4 nitrogen and oxygen atoms in total. The van der Waals surface area contributed by atoms with Crippen LogP contribution in [0.2, 0.25) is 0 Å². The molecule has 15 heavy (non-hydrogen) atoms. The molecule has 0 saturated heterocycles. The van der Waals surface area contributed by atoms with Gasteiger partial charge in [0.1, 0.15) is 0 Å². The lowest BCUT2D eigenvalue weighted by atomic mass is 10.2. The van der Waals surface area contributed by atoms with Crippen molar-refractivity contribution in [3.8, 4) is 0 Å². The third-order valence-corrected chi connectivity index (χ3v) is 2.49. The van der Waals surface area contributed by atoms with Crippen molar-refractivity contribution in [1.82, 2.24) is 0 Å². The number of rotatable bonds is 1. The first-order valence-corrected chi connectivity index (χ1v) is 4.89. The van der Waals surface area contributed by atoms with Crippen LogP contribution >= 0.6 is 0 Å². The van der Waals surface area contributed by atoms with Gasteiger partial charge in [0.25, 0.3) is 5.91 Å². The van der Waals surface area contributed by atoms with Crippen molar-refractivity contribution >= 4 is 17.3 Å². The van der Waals surface area contributed by atoms with E-state index < -0.39 is 6.10 Å². The van der Waals surface area contributed by atoms with Crippen LogP contribution in [0.5, 0.6) is 0 Å². The summed E-state index contributed by atoms with van der Waals surface area (Å²) in [7, 11) is 1.53. The molecule has 4 heteroatoms. The van der Waals surface area contributed by atoms with Crippen molar-refractivity contribution in [1.29, 1.82) is 0 Å². The predicted molar refractivity (Wildman–Crippen MR) is 59.1 cm³/mol. The largest absolute Gasteiger partial charge is 0.380 e. The van der Waals surface area contributed by atoms with Crippen molar-refractivity contribution < 1.29 is 9.53 Å². The number of methoxy groups -OCH3 is 1. The SMILES string of the molecule is COC1CNc2ccc(C)cc2NC1=O. The van der Waals surface area contributed by atoms with E-state index in [0.717, 1.165) is 16.9 Å². The molecular weight excluding hydrogens is 192 g/mol. The van der Waals surface area contributed by atoms with E-state index in [4.69, 9.17) is 4.74 Å². The maximum absolute atomic E-state index is 11.6. The fraction of sp³-hybridized carbons (Fsp3) is 0.364. The predicted octanol–water partition coefficient (Wildman–Crippen LogP) is 1.37. The monoisotopic (exact) mass is 206 g/mol. The zero-order valence-corrected chi connectivity index (χ0v) is 8.83. The number of fused-ring (bicyclic) bond motifs is 1. The quantitative estimate of drug-likeness (QED) is 0.729. The van der Waals surface area contributed by atoms with Crippen LogP contribution in [-0.2, 0) is 9.53 Å². The third kappa shape index (κ3) is 1.94. The number of anilines is 2. The molecule has 1 atom stereocenters. The van der Waals surface area contributed by atoms with Gasteiger partial charge in [-0.1, -0.05) is 6.07 Å². The number of benzene rings is 1. The molecule has 1 aliphatic heterocycles. The van der Waals surface area contributed by atoms with E-state index in [1.165, 1.54) is 7.11 Å². The first-order chi connectivity index (χ1) is 7.20. The van der Waals surface area contributed by atoms with Gasteiger partial charge in [-0.05, 0) is 24.6 Å². The van der Waals surface area contributed by atoms with Gasteiger partial charge in [-0.3, -0.25) is 4.79 Å². The summed E-state index contributed by atoms with van der Waals surface area (Å²) in [4.78, 5) is 11.6. The molecule has 0 radical (unpaired) electrons. The molecular formula is C11H14N2O2. The topological polar surface area (TPSA) is 50.4 Å². The standard InChI is InChI=1S/C11H14N2O2/c1-7-3-4-8-9(5-7)13-11(14)10(15-2)6-12-8/h3-5,10,12H,6H2,1-2H3,(H,13,14). The van der Waals surface area contributed by atoms with E-state index in [1.807, 2.05) is 25.1 Å². The van der Waals surface area contributed by atoms with Crippen LogP contribution < -0.4 is 10.6 Å². The van der Waals surface area contributed by atoms with Gasteiger partial charge in [0.05, 0.1) is 17.9 Å². The smallest absolute Gasteiger partial charge is 0.255 e. The minimum atomic E-state index is -0.433. The summed E-state index contributed by atoms with van der Waals surface area (Å²) in [5.74, 6) is -0.102. The summed E-state index contributed by atoms with van der Waals surface area (Å²) < 4.78 is 5.07. The van der Waals surface area contributed by atoms with Gasteiger partial charge in [0, 0.05) is 7.11 Å². The second-order valence-corrected chi connectivity index (χ2v) is 3.64. The molecule has 0 bridgehead atoms. The normalized spacial score (nSPS) is 19.9. The van der Waals surface area contributed by atoms with Gasteiger partial charge >= 0.3 is 0 Å². The van der Waals surface area contributed by atoms with Crippen molar-refractivity contribution in [3.05, 3.63) is 23.8 Å². The second-order valence-electron chi connectivity index (χ2n) is 3.64. The molecule has 0 aromatic heterocycles. The lowest BCUT2D eigenvalue weighted by Gasteiger charge is -2.09. The Morgan fingerprint density at radius 3 is 2.93 bits per heavy atom. The third-order valence-electron chi connectivity index (χ3n) is 2.49. The lowest BCUT2D eigenvalue weighted by molar-refractivity contribution is -0.124. The number of hydrogen-bond donors (Lipinski definition) is 2. The Morgan fingerprint density at radius 2 is 2.20 bits per heavy atom. The van der Waals surface area contributed by atoms with Gasteiger partial charge in [-0.15, -0.1) is 0 Å². The zero-order valence-electron chi connectivity index (χ0n) is 8.83. The average Bonchev–Trinajstić information content (AvgIpc) is 2.35. The van der Waals surface area contributed by atoms with Gasteiger partial charge in [0.15, 0.2) is 6.10 Å². The Hall–Kier alpha value is -1.55. The van der Waals surface area contributed by atoms with E-state index >= 15 is 0 Å². The van der Waals surface area contributed by atoms with E-state index in [2.05, 4.69) is 10.6 Å². The lowest BCUT2D eigenvalue weighted by Crippen LogP contribution is -2.32. The Bertz CT molecular complexity index is 390. The first kappa shape index (κ1) is 9.98. The van der Waals surface area contributed by atoms with Crippen LogP contribution in [0, 0.1) is 6.92 Å². The number of carbonyl (C=O) groups is 1. The first-order valence-electron chi connectivity index (χ1n) is 4.89. The number of amides is 1. The molecule has 0 saturated carbocycles. The fourth-order valence-corrected chi connectivity index (χ4v) is 1.61. The Labute approximate surface area is 88.6 Å². The summed E-state index contributed by atoms with van der Waals surface area (Å²) in [5, 5.41) is 6.01. The van der Waals surface area contributed by atoms with Crippen LogP contribution in [0.3, 0.4) is 0 Å². The Morgan fingerprint density at radius 1 is 1.40 bits per heavy atom. The maximum Gasteiger partial charge on any atom is 0.255 e. The van der Waals surface area contributed by atoms with Crippen LogP contribution in [0.15, 0.2) is 18.2 Å². The minimum Gasteiger partial charge on any atom is -0.380 e. The summed E-state index contributed by atoms with van der Waals surface area (Å²) in [5.41, 5.74) is 2.87. The summed E-state index contributed by atoms with van der Waals surface area (Å²) in [6.45, 7) is 2.49. The molecule has 1 aromatic rings. The van der Waals surface area contributed by atoms with Crippen LogP contribution in [-0.4, -0.2) is 25.7 Å². The van der Waals surface area contributed by atoms with Gasteiger partial charge < -0.3 is 15.4 Å². The van der Waals surface area contributed by atoms with Gasteiger partial charge in [-0.2, -0.15) is 0 Å². The number of aryl methyl sites for hydroxylation is 1. The van der Waals surface area contributed by atoms with Gasteiger partial charge in [0.2, 0.25) is 0 Å². The molecule has 2 rings (SSSR count). The van der Waals surface area contributed by atoms with E-state index in [1.54, 1.807) is 0 Å². The zero-order chi connectivity index (χ0) is 10.8. The fourth-order valence-electron chi connectivity index (χ4n) is 1.61. The van der Waals surface area contributed by atoms with Crippen molar-refractivity contribution in [2.75, 3.05) is 24.3 Å². The molecule has 1 heterocycles. The minimum absolute atomic E-state index is 0.102. The molecule has 0 fully saturated rings. The van der Waals surface area contributed by atoms with Gasteiger partial charge in [-0.25, -0.2) is 0 Å². The highest BCUT2D eigenvalue weighted by molar-refractivity contribution is 5.99. The molecule has 1 amide bonds. The summed E-state index contributed by atoms with van der Waals surface area (Å²) in [6.07, 6.45) is -0.433. The van der Waals surface area contributed by atoms with E-state index in [9.17, 15) is 4.79 Å². The van der Waals surface area contributed by atoms with Crippen LogP contribution in [0.25, 0.3) is 0 Å². The number of hydrogen-bond acceptors (Lipinski definition) is 3. The highest BCUT2D eigenvalue weighted by Gasteiger charge is 2.22. The van der Waals surface area contributed by atoms with Crippen LogP contribution in [0.1, 0.15) is 5.56 Å². The second kappa shape index (κ2) is 3.90. The molecule has 2 N–H and O–H groups in total. The maximum atomic E-state index is 11.6. The van der Waals surface area contributed by atoms with E-state index in [0.29, 0.717) is 6.54 Å². The highest BCUT2D eigenvalue weighted by atomic mass is 16.5. The average molecular weight is 206 g/mol. The molecule has 80 valence electrons. The molecule has 0 aliphatic carbocycles. The number of carbonyl (C=O) groups excluding carboxylic acids is 1. The van der Waals surface area contributed by atoms with Crippen molar-refractivity contribution in [3.63, 3.8) is 0 Å². The molecule has 1 aliphatic rings.